The summed E-state index contributed by atoms with van der Waals surface area (Å²) in [5.41, 5.74) is 4.53. The Bertz CT molecular complexity index is 1630. The van der Waals surface area contributed by atoms with Gasteiger partial charge in [-0.25, -0.2) is 0 Å². The molecule has 0 unspecified atom stereocenters. The molecule has 2 atom stereocenters. The van der Waals surface area contributed by atoms with Gasteiger partial charge in [-0.15, -0.1) is 0 Å². The molecule has 0 saturated carbocycles. The van der Waals surface area contributed by atoms with Crippen LogP contribution in [0.25, 0.3) is 5.69 Å². The summed E-state index contributed by atoms with van der Waals surface area (Å²) in [5, 5.41) is 16.5. The average Bonchev–Trinajstić information content (AvgIpc) is 3.48. The summed E-state index contributed by atoms with van der Waals surface area (Å²) in [7, 11) is 3.09. The summed E-state index contributed by atoms with van der Waals surface area (Å²) in [6.45, 7) is 4.68. The number of nitro benzene ring substituents is 1. The molecule has 1 fully saturated rings. The molecule has 0 spiro atoms. The van der Waals surface area contributed by atoms with Gasteiger partial charge >= 0.3 is 0 Å². The third-order valence-corrected chi connectivity index (χ3v) is 7.86. The van der Waals surface area contributed by atoms with Crippen molar-refractivity contribution in [2.24, 2.45) is 0 Å². The topological polar surface area (TPSA) is 104 Å². The average molecular weight is 608 g/mol. The van der Waals surface area contributed by atoms with Crippen LogP contribution in [-0.4, -0.2) is 47.0 Å². The lowest BCUT2D eigenvalue weighted by Crippen LogP contribution is -2.29. The van der Waals surface area contributed by atoms with Gasteiger partial charge in [0.2, 0.25) is 0 Å². The quantitative estimate of drug-likeness (QED) is 0.0967. The first-order valence-corrected chi connectivity index (χ1v) is 14.0. The Kier molecular flexibility index (Phi) is 8.62. The van der Waals surface area contributed by atoms with Crippen LogP contribution in [0.5, 0.6) is 11.5 Å². The van der Waals surface area contributed by atoms with E-state index in [2.05, 4.69) is 10.3 Å². The van der Waals surface area contributed by atoms with E-state index in [0.717, 1.165) is 28.3 Å². The van der Waals surface area contributed by atoms with Gasteiger partial charge in [-0.2, -0.15) is 0 Å². The van der Waals surface area contributed by atoms with E-state index in [4.69, 9.17) is 38.0 Å². The number of aryl methyl sites for hydroxylation is 1. The summed E-state index contributed by atoms with van der Waals surface area (Å²) in [5.74, 6) is 0.949. The van der Waals surface area contributed by atoms with E-state index in [9.17, 15) is 10.1 Å². The lowest BCUT2D eigenvalue weighted by atomic mass is 9.96. The number of thiocarbonyl (C=S) groups is 1. The number of halogens is 1. The number of ether oxygens (including phenoxy) is 3. The minimum absolute atomic E-state index is 0.0586. The highest BCUT2D eigenvalue weighted by Gasteiger charge is 2.42. The number of pyridine rings is 1. The molecule has 1 saturated heterocycles. The van der Waals surface area contributed by atoms with Crippen LogP contribution in [-0.2, 0) is 4.74 Å². The molecule has 1 aliphatic heterocycles. The van der Waals surface area contributed by atoms with E-state index >= 15 is 0 Å². The summed E-state index contributed by atoms with van der Waals surface area (Å²) in [4.78, 5) is 18.3. The molecule has 0 radical (unpaired) electrons. The van der Waals surface area contributed by atoms with Crippen LogP contribution in [0.4, 0.5) is 11.4 Å². The maximum absolute atomic E-state index is 12.1. The number of anilines is 1. The lowest BCUT2D eigenvalue weighted by Gasteiger charge is -2.28. The SMILES string of the molecule is COCCOc1ccc(N2C(=S)N[C@@H](c3ccccn3)[C@@H]2c2cc(C)n(-c3ccc(OC)cc3[N+](=O)[O-])c2C)cc1Cl. The van der Waals surface area contributed by atoms with Crippen LogP contribution in [0.3, 0.4) is 0 Å². The number of methoxy groups -OCH3 is 2. The standard InChI is InChI=1S/C30H30ClN5O5S/c1-18-15-22(19(2)34(18)25-10-9-21(40-4)17-26(25)36(37)38)29-28(24-7-5-6-12-32-24)33-30(42)35(29)20-8-11-27(23(31)16-20)41-14-13-39-3/h5-12,15-17,28-29H,13-14H2,1-4H3,(H,33,42)/t28-,29-/m0/s1. The van der Waals surface area contributed by atoms with Gasteiger partial charge in [-0.3, -0.25) is 15.1 Å². The summed E-state index contributed by atoms with van der Waals surface area (Å²) in [6.07, 6.45) is 1.74. The highest BCUT2D eigenvalue weighted by molar-refractivity contribution is 7.80. The number of rotatable bonds is 10. The smallest absolute Gasteiger partial charge is 0.296 e. The van der Waals surface area contributed by atoms with Crippen molar-refractivity contribution in [3.8, 4) is 17.2 Å². The van der Waals surface area contributed by atoms with Crippen molar-refractivity contribution >= 4 is 40.3 Å². The molecule has 2 aromatic heterocycles. The molecule has 1 aliphatic rings. The predicted molar refractivity (Wildman–Crippen MR) is 165 cm³/mol. The second kappa shape index (κ2) is 12.4. The lowest BCUT2D eigenvalue weighted by molar-refractivity contribution is -0.384. The second-order valence-corrected chi connectivity index (χ2v) is 10.5. The highest BCUT2D eigenvalue weighted by Crippen LogP contribution is 2.45. The largest absolute Gasteiger partial charge is 0.496 e. The molecule has 12 heteroatoms. The van der Waals surface area contributed by atoms with E-state index in [1.165, 1.54) is 13.2 Å². The Hall–Kier alpha value is -4.19. The Labute approximate surface area is 253 Å². The van der Waals surface area contributed by atoms with Gasteiger partial charge in [0.15, 0.2) is 5.11 Å². The molecular weight excluding hydrogens is 578 g/mol. The van der Waals surface area contributed by atoms with Crippen molar-refractivity contribution < 1.29 is 19.1 Å². The summed E-state index contributed by atoms with van der Waals surface area (Å²) < 4.78 is 18.0. The van der Waals surface area contributed by atoms with Gasteiger partial charge in [0.1, 0.15) is 23.8 Å². The second-order valence-electron chi connectivity index (χ2n) is 9.73. The fourth-order valence-electron chi connectivity index (χ4n) is 5.36. The first-order valence-electron chi connectivity index (χ1n) is 13.2. The van der Waals surface area contributed by atoms with Crippen LogP contribution < -0.4 is 19.7 Å². The zero-order valence-corrected chi connectivity index (χ0v) is 25.1. The van der Waals surface area contributed by atoms with Gasteiger partial charge in [-0.1, -0.05) is 17.7 Å². The monoisotopic (exact) mass is 607 g/mol. The van der Waals surface area contributed by atoms with E-state index in [-0.39, 0.29) is 17.8 Å². The Morgan fingerprint density at radius 2 is 1.90 bits per heavy atom. The van der Waals surface area contributed by atoms with Crippen molar-refractivity contribution in [2.75, 3.05) is 32.3 Å². The van der Waals surface area contributed by atoms with Crippen LogP contribution in [0.1, 0.15) is 34.7 Å². The van der Waals surface area contributed by atoms with Crippen molar-refractivity contribution in [1.29, 1.82) is 0 Å². The predicted octanol–water partition coefficient (Wildman–Crippen LogP) is 6.26. The van der Waals surface area contributed by atoms with Gasteiger partial charge in [0, 0.05) is 30.4 Å². The van der Waals surface area contributed by atoms with Crippen molar-refractivity contribution in [3.05, 3.63) is 105 Å². The molecule has 4 aromatic rings. The molecule has 5 rings (SSSR count). The van der Waals surface area contributed by atoms with Crippen LogP contribution in [0.2, 0.25) is 5.02 Å². The van der Waals surface area contributed by atoms with Crippen molar-refractivity contribution in [3.63, 3.8) is 0 Å². The first-order chi connectivity index (χ1) is 20.2. The molecule has 3 heterocycles. The van der Waals surface area contributed by atoms with E-state index in [1.807, 2.05) is 65.8 Å². The minimum Gasteiger partial charge on any atom is -0.496 e. The summed E-state index contributed by atoms with van der Waals surface area (Å²) in [6, 6.07) is 17.5. The fraction of sp³-hybridized carbons (Fsp3) is 0.267. The molecular formula is C30H30ClN5O5S. The van der Waals surface area contributed by atoms with Crippen molar-refractivity contribution in [1.82, 2.24) is 14.9 Å². The molecule has 0 amide bonds. The normalized spacial score (nSPS) is 16.4. The van der Waals surface area contributed by atoms with Crippen LogP contribution in [0, 0.1) is 24.0 Å². The highest BCUT2D eigenvalue weighted by atomic mass is 35.5. The molecule has 10 nitrogen and oxygen atoms in total. The maximum Gasteiger partial charge on any atom is 0.296 e. The maximum atomic E-state index is 12.1. The number of hydrogen-bond acceptors (Lipinski definition) is 7. The van der Waals surface area contributed by atoms with E-state index in [1.54, 1.807) is 25.4 Å². The molecule has 1 N–H and O–H groups in total. The molecule has 0 bridgehead atoms. The first kappa shape index (κ1) is 29.3. The number of nitrogens with zero attached hydrogens (tertiary/aromatic N) is 4. The molecule has 218 valence electrons. The molecule has 42 heavy (non-hydrogen) atoms. The minimum atomic E-state index is -0.399. The van der Waals surface area contributed by atoms with Gasteiger partial charge in [0.05, 0.1) is 47.5 Å². The summed E-state index contributed by atoms with van der Waals surface area (Å²) >= 11 is 12.5. The number of hydrogen-bond donors (Lipinski definition) is 1. The number of nitro groups is 1. The van der Waals surface area contributed by atoms with Crippen LogP contribution in [0.15, 0.2) is 66.9 Å². The third kappa shape index (κ3) is 5.50. The molecule has 2 aromatic carbocycles. The zero-order valence-electron chi connectivity index (χ0n) is 23.5. The van der Waals surface area contributed by atoms with E-state index in [0.29, 0.717) is 40.5 Å². The van der Waals surface area contributed by atoms with Gasteiger partial charge in [-0.05, 0) is 80.2 Å². The Morgan fingerprint density at radius 3 is 2.57 bits per heavy atom. The molecule has 0 aliphatic carbocycles. The number of benzene rings is 2. The number of aromatic nitrogens is 2. The Morgan fingerprint density at radius 1 is 1.10 bits per heavy atom. The Balaban J connectivity index is 1.64. The number of nitrogens with one attached hydrogen (secondary N) is 1. The fourth-order valence-corrected chi connectivity index (χ4v) is 5.94. The van der Waals surface area contributed by atoms with Crippen molar-refractivity contribution in [2.45, 2.75) is 25.9 Å². The van der Waals surface area contributed by atoms with E-state index < -0.39 is 4.92 Å². The van der Waals surface area contributed by atoms with Gasteiger partial charge in [0.25, 0.3) is 5.69 Å². The third-order valence-electron chi connectivity index (χ3n) is 7.25. The zero-order chi connectivity index (χ0) is 30.0. The van der Waals surface area contributed by atoms with Crippen LogP contribution >= 0.6 is 23.8 Å². The van der Waals surface area contributed by atoms with Gasteiger partial charge < -0.3 is 29.0 Å².